The van der Waals surface area contributed by atoms with Crippen molar-refractivity contribution >= 4 is 0 Å². The molecule has 0 fully saturated rings. The van der Waals surface area contributed by atoms with Crippen LogP contribution in [0.5, 0.6) is 0 Å². The van der Waals surface area contributed by atoms with Crippen LogP contribution in [0, 0.1) is 49.4 Å². The molecular weight excluding hydrogens is 472 g/mol. The average Bonchev–Trinajstić information content (AvgIpc) is 2.70. The van der Waals surface area contributed by atoms with Gasteiger partial charge in [-0.2, -0.15) is 20.8 Å². The van der Waals surface area contributed by atoms with Gasteiger partial charge in [0.25, 0.3) is 0 Å². The van der Waals surface area contributed by atoms with Crippen molar-refractivity contribution in [2.24, 2.45) is 5.41 Å². The van der Waals surface area contributed by atoms with E-state index in [1.165, 1.54) is 25.2 Å². The minimum Gasteiger partial charge on any atom is -0.337 e. The van der Waals surface area contributed by atoms with Gasteiger partial charge in [-0.1, -0.05) is 32.4 Å². The van der Waals surface area contributed by atoms with Crippen LogP contribution in [-0.2, 0) is 13.0 Å². The largest absolute Gasteiger partial charge is 2.00 e. The van der Waals surface area contributed by atoms with Crippen LogP contribution in [0.2, 0.25) is 0 Å². The fourth-order valence-electron chi connectivity index (χ4n) is 1.49. The topological polar surface area (TPSA) is 30.7 Å². The van der Waals surface area contributed by atoms with Gasteiger partial charge in [-0.05, 0) is 18.3 Å². The van der Waals surface area contributed by atoms with Gasteiger partial charge < -0.3 is 12.8 Å². The molecule has 0 amide bonds. The first-order valence-electron chi connectivity index (χ1n) is 7.19. The fourth-order valence-corrected chi connectivity index (χ4v) is 1.49. The van der Waals surface area contributed by atoms with Crippen LogP contribution in [-0.4, -0.2) is 15.0 Å². The quantitative estimate of drug-likeness (QED) is 0.438. The minimum atomic E-state index is 0. The Morgan fingerprint density at radius 1 is 1.20 bits per heavy atom. The molecule has 0 aliphatic rings. The van der Waals surface area contributed by atoms with E-state index in [0.717, 1.165) is 18.7 Å². The Kier molecular flexibility index (Phi) is 13.3. The van der Waals surface area contributed by atoms with Gasteiger partial charge in [0.1, 0.15) is 0 Å². The number of hydrogen-bond acceptors (Lipinski definition) is 2. The number of rotatable bonds is 5. The van der Waals surface area contributed by atoms with Gasteiger partial charge in [0.2, 0.25) is 0 Å². The van der Waals surface area contributed by atoms with Gasteiger partial charge in [0.15, 0.2) is 0 Å². The Morgan fingerprint density at radius 3 is 2.15 bits per heavy atom. The molecule has 0 spiro atoms. The second-order valence-electron chi connectivity index (χ2n) is 6.74. The molecule has 0 bridgehead atoms. The fraction of sp³-hybridized carbons (Fsp3) is 0.750. The predicted molar refractivity (Wildman–Crippen MR) is 82.7 cm³/mol. The second kappa shape index (κ2) is 11.8. The zero-order chi connectivity index (χ0) is 14.9. The first-order valence-corrected chi connectivity index (χ1v) is 7.19. The molecule has 4 heteroatoms. The first kappa shape index (κ1) is 22.5. The summed E-state index contributed by atoms with van der Waals surface area (Å²) in [5, 5.41) is 8.06. The third-order valence-corrected chi connectivity index (χ3v) is 2.41. The molecule has 1 aromatic rings. The van der Waals surface area contributed by atoms with Crippen molar-refractivity contribution in [3.05, 3.63) is 24.7 Å². The summed E-state index contributed by atoms with van der Waals surface area (Å²) in [6, 6.07) is 0. The number of unbranched alkanes of at least 4 members (excludes halogenated alkanes) is 1. The van der Waals surface area contributed by atoms with E-state index in [4.69, 9.17) is 0 Å². The maximum Gasteiger partial charge on any atom is 2.00 e. The van der Waals surface area contributed by atoms with Gasteiger partial charge in [-0.25, -0.2) is 0 Å². The van der Waals surface area contributed by atoms with E-state index in [1.807, 2.05) is 10.9 Å². The summed E-state index contributed by atoms with van der Waals surface area (Å²) >= 11 is 0. The summed E-state index contributed by atoms with van der Waals surface area (Å²) in [5.41, 5.74) is 1.42. The van der Waals surface area contributed by atoms with Crippen molar-refractivity contribution in [1.29, 1.82) is 0 Å². The third kappa shape index (κ3) is 14.6. The van der Waals surface area contributed by atoms with Crippen LogP contribution >= 0.6 is 0 Å². The molecule has 0 aliphatic carbocycles. The van der Waals surface area contributed by atoms with Crippen molar-refractivity contribution < 1.29 is 31.1 Å². The van der Waals surface area contributed by atoms with Crippen LogP contribution in [0.1, 0.15) is 66.5 Å². The van der Waals surface area contributed by atoms with E-state index in [2.05, 4.69) is 58.8 Å². The maximum absolute atomic E-state index is 4.05. The molecule has 1 rings (SSSR count). The molecule has 0 unspecified atom stereocenters. The van der Waals surface area contributed by atoms with Gasteiger partial charge in [-0.15, -0.1) is 11.5 Å². The van der Waals surface area contributed by atoms with E-state index in [9.17, 15) is 0 Å². The van der Waals surface area contributed by atoms with E-state index in [0.29, 0.717) is 5.41 Å². The monoisotopic (exact) mass is 503 g/mol. The molecule has 1 aromatic heterocycles. The zero-order valence-electron chi connectivity index (χ0n) is 14.2. The molecule has 0 atom stereocenters. The molecule has 0 aliphatic heterocycles. The number of hydrogen-bond donors (Lipinski definition) is 0. The normalized spacial score (nSPS) is 10.8. The minimum absolute atomic E-state index is 0. The van der Waals surface area contributed by atoms with Crippen molar-refractivity contribution in [3.8, 4) is 0 Å². The van der Waals surface area contributed by atoms with Crippen LogP contribution in [0.15, 0.2) is 6.20 Å². The van der Waals surface area contributed by atoms with E-state index < -0.39 is 0 Å². The summed E-state index contributed by atoms with van der Waals surface area (Å²) < 4.78 is 1.92. The predicted octanol–water partition coefficient (Wildman–Crippen LogP) is 4.49. The molecule has 20 heavy (non-hydrogen) atoms. The van der Waals surface area contributed by atoms with Crippen LogP contribution < -0.4 is 0 Å². The smallest absolute Gasteiger partial charge is 0.337 e. The Hall–Kier alpha value is 0.192. The molecule has 1 heterocycles. The number of aromatic nitrogens is 3. The average molecular weight is 503 g/mol. The molecular formula is C16H31N3U. The summed E-state index contributed by atoms with van der Waals surface area (Å²) in [4.78, 5) is 0. The van der Waals surface area contributed by atoms with Gasteiger partial charge >= 0.3 is 31.1 Å². The van der Waals surface area contributed by atoms with Gasteiger partial charge in [-0.3, -0.25) is 4.68 Å². The Bertz CT molecular complexity index is 324. The molecule has 0 saturated carbocycles. The summed E-state index contributed by atoms with van der Waals surface area (Å²) in [7, 11) is 0. The van der Waals surface area contributed by atoms with Crippen molar-refractivity contribution in [3.63, 3.8) is 0 Å². The summed E-state index contributed by atoms with van der Waals surface area (Å²) in [6.07, 6.45) is 6.41. The molecule has 0 saturated heterocycles. The van der Waals surface area contributed by atoms with Crippen LogP contribution in [0.3, 0.4) is 0 Å². The molecule has 0 aromatic carbocycles. The van der Waals surface area contributed by atoms with E-state index in [-0.39, 0.29) is 31.1 Å². The Balaban J connectivity index is 0. The number of aryl methyl sites for hydroxylation is 1. The van der Waals surface area contributed by atoms with Gasteiger partial charge in [0.05, 0.1) is 5.69 Å². The third-order valence-electron chi connectivity index (χ3n) is 2.41. The summed E-state index contributed by atoms with van der Waals surface area (Å²) in [6.45, 7) is 17.9. The van der Waals surface area contributed by atoms with E-state index in [1.54, 1.807) is 0 Å². The maximum atomic E-state index is 4.05. The molecule has 0 radical (unpaired) electrons. The van der Waals surface area contributed by atoms with Crippen molar-refractivity contribution in [2.45, 2.75) is 73.8 Å². The number of nitrogens with zero attached hydrogens (tertiary/aromatic N) is 3. The summed E-state index contributed by atoms with van der Waals surface area (Å²) in [5.74, 6) is 1.42. The SMILES string of the molecule is C[C-](C)C.[CH2-]Cc1cn(CCCCC(C)(C)C)nn1.[U+2]. The zero-order valence-corrected chi connectivity index (χ0v) is 18.3. The molecule has 0 N–H and O–H groups in total. The van der Waals surface area contributed by atoms with Crippen LogP contribution in [0.25, 0.3) is 0 Å². The van der Waals surface area contributed by atoms with Crippen LogP contribution in [0.4, 0.5) is 0 Å². The second-order valence-corrected chi connectivity index (χ2v) is 6.74. The van der Waals surface area contributed by atoms with Crippen molar-refractivity contribution in [2.75, 3.05) is 0 Å². The molecule has 114 valence electrons. The Morgan fingerprint density at radius 2 is 1.75 bits per heavy atom. The molecule has 3 nitrogen and oxygen atoms in total. The van der Waals surface area contributed by atoms with Crippen molar-refractivity contribution in [1.82, 2.24) is 15.0 Å². The van der Waals surface area contributed by atoms with Gasteiger partial charge in [0, 0.05) is 12.7 Å². The Labute approximate surface area is 149 Å². The standard InChI is InChI=1S/C12H22N3.C4H9.U/c1-5-11-10-15(14-13-11)9-7-6-8-12(2,3)4;1-4(2)3;/h10H,1,5-9H2,2-4H3;1-3H3;/q2*-1;+2. The first-order chi connectivity index (χ1) is 8.74. The van der Waals surface area contributed by atoms with E-state index >= 15 is 0 Å².